The molecule has 9 heteroatoms. The number of halogens is 1. The molecule has 0 saturated carbocycles. The lowest BCUT2D eigenvalue weighted by Gasteiger charge is -2.20. The van der Waals surface area contributed by atoms with Crippen molar-refractivity contribution in [3.8, 4) is 0 Å². The van der Waals surface area contributed by atoms with Crippen LogP contribution in [-0.2, 0) is 4.79 Å². The van der Waals surface area contributed by atoms with Crippen LogP contribution in [0, 0.1) is 5.41 Å². The normalized spacial score (nSPS) is 19.0. The zero-order chi connectivity index (χ0) is 19.6. The summed E-state index contributed by atoms with van der Waals surface area (Å²) < 4.78 is 5.01. The van der Waals surface area contributed by atoms with E-state index in [0.717, 1.165) is 0 Å². The first kappa shape index (κ1) is 18.8. The van der Waals surface area contributed by atoms with E-state index < -0.39 is 23.3 Å². The molecule has 1 aromatic heterocycles. The van der Waals surface area contributed by atoms with E-state index in [1.54, 1.807) is 25.1 Å². The number of carbonyl (C=O) groups excluding carboxylic acids is 2. The van der Waals surface area contributed by atoms with E-state index in [1.165, 1.54) is 23.3 Å². The number of aliphatic carboxylic acids is 1. The number of rotatable bonds is 4. The maximum absolute atomic E-state index is 12.4. The molecule has 1 fully saturated rings. The minimum atomic E-state index is -0.936. The molecule has 1 saturated heterocycles. The fraction of sp³-hybridized carbons (Fsp3) is 0.278. The third-order valence-corrected chi connectivity index (χ3v) is 4.80. The number of nitrogens with zero attached hydrogens (tertiary/aromatic N) is 1. The summed E-state index contributed by atoms with van der Waals surface area (Å²) in [5, 5.41) is 14.8. The molecule has 1 atom stereocenters. The summed E-state index contributed by atoms with van der Waals surface area (Å²) in [5.74, 6) is -1.21. The van der Waals surface area contributed by atoms with Crippen LogP contribution in [0.3, 0.4) is 0 Å². The van der Waals surface area contributed by atoms with E-state index in [1.807, 2.05) is 0 Å². The number of urea groups is 1. The van der Waals surface area contributed by atoms with Crippen molar-refractivity contribution in [2.24, 2.45) is 5.41 Å². The quantitative estimate of drug-likeness (QED) is 0.738. The molecule has 0 bridgehead atoms. The largest absolute Gasteiger partial charge is 0.481 e. The van der Waals surface area contributed by atoms with Gasteiger partial charge in [0.2, 0.25) is 0 Å². The number of hydrogen-bond donors (Lipinski definition) is 3. The Morgan fingerprint density at radius 1 is 1.26 bits per heavy atom. The number of anilines is 2. The number of carboxylic acid groups (broad SMARTS) is 1. The Morgan fingerprint density at radius 2 is 2.04 bits per heavy atom. The summed E-state index contributed by atoms with van der Waals surface area (Å²) in [4.78, 5) is 37.1. The molecule has 2 heterocycles. The number of benzene rings is 1. The van der Waals surface area contributed by atoms with Crippen LogP contribution in [0.4, 0.5) is 16.2 Å². The molecule has 8 nitrogen and oxygen atoms in total. The first-order valence-electron chi connectivity index (χ1n) is 8.22. The van der Waals surface area contributed by atoms with Crippen molar-refractivity contribution in [2.45, 2.75) is 13.3 Å². The Hall–Kier alpha value is -3.00. The smallest absolute Gasteiger partial charge is 0.321 e. The fourth-order valence-corrected chi connectivity index (χ4v) is 3.03. The molecule has 1 unspecified atom stereocenters. The van der Waals surface area contributed by atoms with E-state index in [4.69, 9.17) is 16.0 Å². The van der Waals surface area contributed by atoms with Crippen molar-refractivity contribution < 1.29 is 23.9 Å². The minimum Gasteiger partial charge on any atom is -0.481 e. The molecule has 0 aliphatic carbocycles. The monoisotopic (exact) mass is 391 g/mol. The van der Waals surface area contributed by atoms with E-state index >= 15 is 0 Å². The molecule has 0 spiro atoms. The summed E-state index contributed by atoms with van der Waals surface area (Å²) >= 11 is 6.18. The molecule has 1 aromatic carbocycles. The van der Waals surface area contributed by atoms with Crippen LogP contribution in [-0.4, -0.2) is 41.0 Å². The molecule has 0 radical (unpaired) electrons. The summed E-state index contributed by atoms with van der Waals surface area (Å²) in [5.41, 5.74) is -0.129. The minimum absolute atomic E-state index is 0.138. The lowest BCUT2D eigenvalue weighted by atomic mass is 9.90. The predicted octanol–water partition coefficient (Wildman–Crippen LogP) is 3.51. The van der Waals surface area contributed by atoms with Gasteiger partial charge in [0.15, 0.2) is 5.76 Å². The van der Waals surface area contributed by atoms with Crippen molar-refractivity contribution in [3.63, 3.8) is 0 Å². The zero-order valence-corrected chi connectivity index (χ0v) is 15.2. The third-order valence-electron chi connectivity index (χ3n) is 4.49. The van der Waals surface area contributed by atoms with Gasteiger partial charge < -0.3 is 25.1 Å². The fourth-order valence-electron chi connectivity index (χ4n) is 2.80. The average molecular weight is 392 g/mol. The highest BCUT2D eigenvalue weighted by Crippen LogP contribution is 2.31. The number of furan rings is 1. The van der Waals surface area contributed by atoms with Crippen LogP contribution < -0.4 is 10.6 Å². The topological polar surface area (TPSA) is 112 Å². The maximum atomic E-state index is 12.4. The highest BCUT2D eigenvalue weighted by molar-refractivity contribution is 6.34. The van der Waals surface area contributed by atoms with Gasteiger partial charge in [0.05, 0.1) is 22.4 Å². The second kappa shape index (κ2) is 7.32. The van der Waals surface area contributed by atoms with E-state index in [0.29, 0.717) is 24.3 Å². The summed E-state index contributed by atoms with van der Waals surface area (Å²) in [6, 6.07) is 7.38. The molecule has 1 aliphatic heterocycles. The first-order valence-corrected chi connectivity index (χ1v) is 8.60. The van der Waals surface area contributed by atoms with Crippen LogP contribution in [0.2, 0.25) is 5.02 Å². The third kappa shape index (κ3) is 4.06. The lowest BCUT2D eigenvalue weighted by Crippen LogP contribution is -2.37. The molecular formula is C18H18ClN3O5. The Balaban J connectivity index is 1.63. The van der Waals surface area contributed by atoms with Crippen LogP contribution in [0.5, 0.6) is 0 Å². The Bertz CT molecular complexity index is 883. The number of amides is 3. The molecule has 3 rings (SSSR count). The SMILES string of the molecule is CC1(C(=O)O)CCN(C(=O)Nc2ccc(NC(=O)c3ccco3)c(Cl)c2)C1. The van der Waals surface area contributed by atoms with E-state index in [9.17, 15) is 19.5 Å². The standard InChI is InChI=1S/C18H18ClN3O5/c1-18(16(24)25)6-7-22(10-18)17(26)20-11-4-5-13(12(19)9-11)21-15(23)14-3-2-8-27-14/h2-5,8-9H,6-7,10H2,1H3,(H,20,26)(H,21,23)(H,24,25). The Morgan fingerprint density at radius 3 is 2.63 bits per heavy atom. The first-order chi connectivity index (χ1) is 12.8. The van der Waals surface area contributed by atoms with Gasteiger partial charge in [-0.05, 0) is 43.7 Å². The maximum Gasteiger partial charge on any atom is 0.321 e. The summed E-state index contributed by atoms with van der Waals surface area (Å²) in [6.07, 6.45) is 1.79. The van der Waals surface area contributed by atoms with Crippen LogP contribution >= 0.6 is 11.6 Å². The number of likely N-dealkylation sites (tertiary alicyclic amines) is 1. The lowest BCUT2D eigenvalue weighted by molar-refractivity contribution is -0.146. The van der Waals surface area contributed by atoms with Crippen molar-refractivity contribution in [3.05, 3.63) is 47.4 Å². The van der Waals surface area contributed by atoms with Crippen molar-refractivity contribution in [1.82, 2.24) is 4.90 Å². The molecule has 142 valence electrons. The second-order valence-corrected chi connectivity index (χ2v) is 7.00. The molecule has 3 amide bonds. The summed E-state index contributed by atoms with van der Waals surface area (Å²) in [6.45, 7) is 2.12. The number of hydrogen-bond acceptors (Lipinski definition) is 4. The van der Waals surface area contributed by atoms with Gasteiger partial charge in [-0.1, -0.05) is 11.6 Å². The van der Waals surface area contributed by atoms with Crippen LogP contribution in [0.1, 0.15) is 23.9 Å². The molecule has 27 heavy (non-hydrogen) atoms. The Labute approximate surface area is 160 Å². The summed E-state index contributed by atoms with van der Waals surface area (Å²) in [7, 11) is 0. The van der Waals surface area contributed by atoms with Crippen LogP contribution in [0.25, 0.3) is 0 Å². The van der Waals surface area contributed by atoms with Crippen molar-refractivity contribution in [1.29, 1.82) is 0 Å². The molecule has 2 aromatic rings. The highest BCUT2D eigenvalue weighted by Gasteiger charge is 2.42. The highest BCUT2D eigenvalue weighted by atomic mass is 35.5. The number of carbonyl (C=O) groups is 3. The van der Waals surface area contributed by atoms with Crippen molar-refractivity contribution >= 4 is 40.9 Å². The Kier molecular flexibility index (Phi) is 5.09. The van der Waals surface area contributed by atoms with Gasteiger partial charge in [-0.25, -0.2) is 4.79 Å². The second-order valence-electron chi connectivity index (χ2n) is 6.59. The molecule has 1 aliphatic rings. The van der Waals surface area contributed by atoms with Crippen molar-refractivity contribution in [2.75, 3.05) is 23.7 Å². The van der Waals surface area contributed by atoms with Crippen LogP contribution in [0.15, 0.2) is 41.0 Å². The average Bonchev–Trinajstić information content (AvgIpc) is 3.27. The van der Waals surface area contributed by atoms with E-state index in [-0.39, 0.29) is 17.3 Å². The van der Waals surface area contributed by atoms with E-state index in [2.05, 4.69) is 10.6 Å². The van der Waals surface area contributed by atoms with Gasteiger partial charge in [0.1, 0.15) is 0 Å². The van der Waals surface area contributed by atoms with Gasteiger partial charge in [-0.3, -0.25) is 9.59 Å². The predicted molar refractivity (Wildman–Crippen MR) is 99.1 cm³/mol. The van der Waals surface area contributed by atoms with Gasteiger partial charge in [-0.15, -0.1) is 0 Å². The number of carboxylic acids is 1. The van der Waals surface area contributed by atoms with Gasteiger partial charge in [-0.2, -0.15) is 0 Å². The molecule has 3 N–H and O–H groups in total. The zero-order valence-electron chi connectivity index (χ0n) is 14.5. The number of nitrogens with one attached hydrogen (secondary N) is 2. The molecular weight excluding hydrogens is 374 g/mol. The van der Waals surface area contributed by atoms with Gasteiger partial charge in [0, 0.05) is 18.8 Å². The van der Waals surface area contributed by atoms with Gasteiger partial charge >= 0.3 is 12.0 Å². The van der Waals surface area contributed by atoms with Gasteiger partial charge in [0.25, 0.3) is 5.91 Å².